The fourth-order valence-electron chi connectivity index (χ4n) is 2.08. The highest BCUT2D eigenvalue weighted by Gasteiger charge is 2.07. The van der Waals surface area contributed by atoms with Crippen molar-refractivity contribution in [3.63, 3.8) is 0 Å². The van der Waals surface area contributed by atoms with Crippen LogP contribution in [0.4, 0.5) is 0 Å². The van der Waals surface area contributed by atoms with Gasteiger partial charge in [-0.05, 0) is 42.6 Å². The number of aromatic carboxylic acids is 1. The molecule has 0 unspecified atom stereocenters. The van der Waals surface area contributed by atoms with Gasteiger partial charge >= 0.3 is 5.97 Å². The first-order valence-electron chi connectivity index (χ1n) is 6.57. The van der Waals surface area contributed by atoms with Crippen LogP contribution in [0.1, 0.15) is 20.8 Å². The summed E-state index contributed by atoms with van der Waals surface area (Å²) in [5.74, 6) is -0.0629. The van der Waals surface area contributed by atoms with Gasteiger partial charge in [-0.15, -0.1) is 11.3 Å². The Morgan fingerprint density at radius 3 is 2.62 bits per heavy atom. The smallest absolute Gasteiger partial charge is 0.335 e. The molecule has 0 saturated heterocycles. The number of carboxylic acid groups (broad SMARTS) is 1. The van der Waals surface area contributed by atoms with Crippen molar-refractivity contribution in [3.8, 4) is 5.75 Å². The Balaban J connectivity index is 1.78. The lowest BCUT2D eigenvalue weighted by atomic mass is 10.2. The monoisotopic (exact) mass is 298 g/mol. The molecule has 1 N–H and O–H groups in total. The number of ether oxygens (including phenoxy) is 1. The number of fused-ring (bicyclic) bond motifs is 1. The van der Waals surface area contributed by atoms with Crippen molar-refractivity contribution in [2.24, 2.45) is 0 Å². The summed E-state index contributed by atoms with van der Waals surface area (Å²) < 4.78 is 6.72. The molecule has 0 aliphatic heterocycles. The van der Waals surface area contributed by atoms with Crippen LogP contribution in [0, 0.1) is 6.92 Å². The minimum atomic E-state index is -0.900. The first-order valence-corrected chi connectivity index (χ1v) is 7.39. The van der Waals surface area contributed by atoms with E-state index in [0.717, 1.165) is 20.7 Å². The summed E-state index contributed by atoms with van der Waals surface area (Å²) in [6.07, 6.45) is 0. The van der Waals surface area contributed by atoms with Gasteiger partial charge in [0.05, 0.1) is 5.56 Å². The Bertz CT molecular complexity index is 787. The third-order valence-corrected chi connectivity index (χ3v) is 4.29. The van der Waals surface area contributed by atoms with E-state index < -0.39 is 5.97 Å². The average molecular weight is 298 g/mol. The standard InChI is InChI=1S/C17H14O3S/c1-11-2-6-14(7-3-11)20-10-15-8-12-4-5-13(17(18)19)9-16(12)21-15/h2-9H,10H2,1H3,(H,18,19). The van der Waals surface area contributed by atoms with Crippen LogP contribution in [0.2, 0.25) is 0 Å². The van der Waals surface area contributed by atoms with Gasteiger partial charge < -0.3 is 9.84 Å². The van der Waals surface area contributed by atoms with Crippen LogP contribution in [0.5, 0.6) is 5.75 Å². The van der Waals surface area contributed by atoms with E-state index in [1.165, 1.54) is 5.56 Å². The van der Waals surface area contributed by atoms with E-state index in [9.17, 15) is 4.79 Å². The van der Waals surface area contributed by atoms with Crippen molar-refractivity contribution < 1.29 is 14.6 Å². The summed E-state index contributed by atoms with van der Waals surface area (Å²) in [5, 5.41) is 10.1. The molecule has 0 bridgehead atoms. The lowest BCUT2D eigenvalue weighted by molar-refractivity contribution is 0.0697. The maximum atomic E-state index is 11.0. The van der Waals surface area contributed by atoms with Crippen LogP contribution in [0.3, 0.4) is 0 Å². The molecule has 4 heteroatoms. The van der Waals surface area contributed by atoms with Gasteiger partial charge in [0.2, 0.25) is 0 Å². The van der Waals surface area contributed by atoms with E-state index in [1.54, 1.807) is 23.5 Å². The van der Waals surface area contributed by atoms with E-state index in [4.69, 9.17) is 9.84 Å². The molecule has 0 fully saturated rings. The molecule has 0 atom stereocenters. The molecule has 0 amide bonds. The molecule has 1 aromatic heterocycles. The third-order valence-electron chi connectivity index (χ3n) is 3.22. The van der Waals surface area contributed by atoms with Gasteiger partial charge in [-0.1, -0.05) is 23.8 Å². The predicted molar refractivity (Wildman–Crippen MR) is 84.3 cm³/mol. The highest BCUT2D eigenvalue weighted by Crippen LogP contribution is 2.27. The fourth-order valence-corrected chi connectivity index (χ4v) is 3.10. The van der Waals surface area contributed by atoms with E-state index in [0.29, 0.717) is 12.2 Å². The molecule has 2 aromatic carbocycles. The van der Waals surface area contributed by atoms with Gasteiger partial charge in [-0.3, -0.25) is 0 Å². The summed E-state index contributed by atoms with van der Waals surface area (Å²) >= 11 is 1.56. The van der Waals surface area contributed by atoms with Crippen LogP contribution in [-0.2, 0) is 6.61 Å². The zero-order valence-corrected chi connectivity index (χ0v) is 12.3. The second-order valence-corrected chi connectivity index (χ2v) is 6.04. The second-order valence-electron chi connectivity index (χ2n) is 4.87. The maximum Gasteiger partial charge on any atom is 0.335 e. The summed E-state index contributed by atoms with van der Waals surface area (Å²) in [5.41, 5.74) is 1.51. The summed E-state index contributed by atoms with van der Waals surface area (Å²) in [6, 6.07) is 15.1. The van der Waals surface area contributed by atoms with Crippen molar-refractivity contribution in [1.29, 1.82) is 0 Å². The number of hydrogen-bond acceptors (Lipinski definition) is 3. The van der Waals surface area contributed by atoms with Gasteiger partial charge in [0.15, 0.2) is 0 Å². The molecule has 0 spiro atoms. The zero-order chi connectivity index (χ0) is 14.8. The lowest BCUT2D eigenvalue weighted by Crippen LogP contribution is -1.94. The fraction of sp³-hybridized carbons (Fsp3) is 0.118. The van der Waals surface area contributed by atoms with Crippen LogP contribution in [0.25, 0.3) is 10.1 Å². The number of benzene rings is 2. The average Bonchev–Trinajstić information content (AvgIpc) is 2.88. The van der Waals surface area contributed by atoms with Gasteiger partial charge in [0.1, 0.15) is 12.4 Å². The highest BCUT2D eigenvalue weighted by molar-refractivity contribution is 7.19. The van der Waals surface area contributed by atoms with Crippen molar-refractivity contribution in [1.82, 2.24) is 0 Å². The largest absolute Gasteiger partial charge is 0.488 e. The molecule has 21 heavy (non-hydrogen) atoms. The summed E-state index contributed by atoms with van der Waals surface area (Å²) in [4.78, 5) is 12.0. The number of rotatable bonds is 4. The number of carbonyl (C=O) groups is 1. The minimum absolute atomic E-state index is 0.315. The molecule has 106 valence electrons. The predicted octanol–water partition coefficient (Wildman–Crippen LogP) is 4.49. The van der Waals surface area contributed by atoms with E-state index in [2.05, 4.69) is 0 Å². The van der Waals surface area contributed by atoms with E-state index in [-0.39, 0.29) is 0 Å². The molecule has 0 radical (unpaired) electrons. The molecule has 0 aliphatic carbocycles. The maximum absolute atomic E-state index is 11.0. The van der Waals surface area contributed by atoms with Crippen LogP contribution in [-0.4, -0.2) is 11.1 Å². The Kier molecular flexibility index (Phi) is 3.62. The van der Waals surface area contributed by atoms with Gasteiger partial charge in [0, 0.05) is 9.58 Å². The molecule has 1 heterocycles. The molecular formula is C17H14O3S. The summed E-state index contributed by atoms with van der Waals surface area (Å²) in [7, 11) is 0. The number of hydrogen-bond donors (Lipinski definition) is 1. The van der Waals surface area contributed by atoms with Gasteiger partial charge in [0.25, 0.3) is 0 Å². The van der Waals surface area contributed by atoms with Crippen molar-refractivity contribution in [2.75, 3.05) is 0 Å². The first-order chi connectivity index (χ1) is 10.1. The molecule has 3 aromatic rings. The second kappa shape index (κ2) is 5.58. The number of thiophene rings is 1. The molecule has 3 rings (SSSR count). The Hall–Kier alpha value is -2.33. The van der Waals surface area contributed by atoms with E-state index >= 15 is 0 Å². The van der Waals surface area contributed by atoms with Crippen LogP contribution in [0.15, 0.2) is 48.5 Å². The Morgan fingerprint density at radius 2 is 1.90 bits per heavy atom. The first kappa shape index (κ1) is 13.6. The van der Waals surface area contributed by atoms with Crippen molar-refractivity contribution in [3.05, 3.63) is 64.5 Å². The minimum Gasteiger partial charge on any atom is -0.488 e. The number of aryl methyl sites for hydroxylation is 1. The molecule has 3 nitrogen and oxygen atoms in total. The zero-order valence-electron chi connectivity index (χ0n) is 11.5. The third kappa shape index (κ3) is 3.06. The van der Waals surface area contributed by atoms with Gasteiger partial charge in [-0.25, -0.2) is 4.79 Å². The molecule has 0 saturated carbocycles. The van der Waals surface area contributed by atoms with Crippen molar-refractivity contribution >= 4 is 27.4 Å². The molecular weight excluding hydrogens is 284 g/mol. The van der Waals surface area contributed by atoms with Gasteiger partial charge in [-0.2, -0.15) is 0 Å². The SMILES string of the molecule is Cc1ccc(OCc2cc3ccc(C(=O)O)cc3s2)cc1. The van der Waals surface area contributed by atoms with Crippen LogP contribution >= 0.6 is 11.3 Å². The topological polar surface area (TPSA) is 46.5 Å². The summed E-state index contributed by atoms with van der Waals surface area (Å²) in [6.45, 7) is 2.53. The molecule has 0 aliphatic rings. The Morgan fingerprint density at radius 1 is 1.14 bits per heavy atom. The lowest BCUT2D eigenvalue weighted by Gasteiger charge is -2.04. The van der Waals surface area contributed by atoms with Crippen molar-refractivity contribution in [2.45, 2.75) is 13.5 Å². The number of carboxylic acids is 1. The van der Waals surface area contributed by atoms with E-state index in [1.807, 2.05) is 43.3 Å². The van der Waals surface area contributed by atoms with Crippen LogP contribution < -0.4 is 4.74 Å². The Labute approximate surface area is 126 Å². The highest BCUT2D eigenvalue weighted by atomic mass is 32.1. The quantitative estimate of drug-likeness (QED) is 0.772. The normalized spacial score (nSPS) is 10.7.